The number of sulfonamides is 1. The molecule has 1 amide bonds. The number of anilines is 1. The first-order valence-electron chi connectivity index (χ1n) is 8.22. The van der Waals surface area contributed by atoms with Crippen molar-refractivity contribution in [2.45, 2.75) is 16.7 Å². The Morgan fingerprint density at radius 3 is 2.46 bits per heavy atom. The molecule has 0 spiro atoms. The van der Waals surface area contributed by atoms with Crippen molar-refractivity contribution in [1.82, 2.24) is 4.31 Å². The number of rotatable bonds is 8. The van der Waals surface area contributed by atoms with Crippen LogP contribution in [0.3, 0.4) is 0 Å². The summed E-state index contributed by atoms with van der Waals surface area (Å²) in [5.74, 6) is -2.25. The Labute approximate surface area is 166 Å². The highest BCUT2D eigenvalue weighted by atomic mass is 32.2. The van der Waals surface area contributed by atoms with E-state index in [-0.39, 0.29) is 28.7 Å². The maximum absolute atomic E-state index is 13.2. The average molecular weight is 430 g/mol. The summed E-state index contributed by atoms with van der Waals surface area (Å²) < 4.78 is 57.6. The van der Waals surface area contributed by atoms with E-state index in [1.54, 1.807) is 6.92 Å². The molecule has 0 atom stereocenters. The number of hydrogen-bond donors (Lipinski definition) is 1. The fourth-order valence-corrected chi connectivity index (χ4v) is 3.94. The van der Waals surface area contributed by atoms with E-state index in [9.17, 15) is 22.0 Å². The van der Waals surface area contributed by atoms with Gasteiger partial charge in [0.15, 0.2) is 11.6 Å². The second-order valence-electron chi connectivity index (χ2n) is 5.79. The third-order valence-electron chi connectivity index (χ3n) is 3.55. The SMILES string of the molecule is CCOc1ccc(NC(=O)CSc2ccc(F)c(F)c2)cc1S(=O)(=O)N(C)C. The molecule has 0 saturated carbocycles. The number of thioether (sulfide) groups is 1. The van der Waals surface area contributed by atoms with Crippen LogP contribution < -0.4 is 10.1 Å². The zero-order chi connectivity index (χ0) is 20.9. The number of carbonyl (C=O) groups is 1. The molecule has 0 aromatic heterocycles. The van der Waals surface area contributed by atoms with E-state index in [1.165, 1.54) is 38.4 Å². The van der Waals surface area contributed by atoms with Crippen LogP contribution in [0.4, 0.5) is 14.5 Å². The van der Waals surface area contributed by atoms with Crippen LogP contribution in [-0.4, -0.2) is 45.1 Å². The molecule has 0 heterocycles. The molecule has 0 radical (unpaired) electrons. The van der Waals surface area contributed by atoms with Gasteiger partial charge in [0.1, 0.15) is 10.6 Å². The Balaban J connectivity index is 2.14. The molecule has 2 aromatic rings. The van der Waals surface area contributed by atoms with Crippen molar-refractivity contribution in [2.75, 3.05) is 31.8 Å². The fourth-order valence-electron chi connectivity index (χ4n) is 2.17. The maximum atomic E-state index is 13.2. The topological polar surface area (TPSA) is 75.7 Å². The van der Waals surface area contributed by atoms with Gasteiger partial charge < -0.3 is 10.1 Å². The number of halogens is 2. The highest BCUT2D eigenvalue weighted by molar-refractivity contribution is 8.00. The van der Waals surface area contributed by atoms with Gasteiger partial charge in [-0.05, 0) is 43.3 Å². The molecule has 152 valence electrons. The van der Waals surface area contributed by atoms with Gasteiger partial charge in [-0.1, -0.05) is 0 Å². The molecule has 6 nitrogen and oxygen atoms in total. The highest BCUT2D eigenvalue weighted by Gasteiger charge is 2.23. The van der Waals surface area contributed by atoms with Gasteiger partial charge in [0.25, 0.3) is 0 Å². The molecule has 2 aromatic carbocycles. The molecular weight excluding hydrogens is 410 g/mol. The zero-order valence-electron chi connectivity index (χ0n) is 15.5. The summed E-state index contributed by atoms with van der Waals surface area (Å²) in [6, 6.07) is 7.68. The van der Waals surface area contributed by atoms with Crippen LogP contribution in [0.2, 0.25) is 0 Å². The summed E-state index contributed by atoms with van der Waals surface area (Å²) >= 11 is 1.03. The molecule has 1 N–H and O–H groups in total. The molecule has 2 rings (SSSR count). The van der Waals surface area contributed by atoms with Gasteiger partial charge in [-0.2, -0.15) is 0 Å². The molecule has 0 aliphatic carbocycles. The van der Waals surface area contributed by atoms with Gasteiger partial charge in [0.2, 0.25) is 15.9 Å². The lowest BCUT2D eigenvalue weighted by atomic mass is 10.3. The summed E-state index contributed by atoms with van der Waals surface area (Å²) in [5.41, 5.74) is 0.278. The molecule has 0 aliphatic rings. The first kappa shape index (κ1) is 22.1. The van der Waals surface area contributed by atoms with Crippen molar-refractivity contribution in [3.05, 3.63) is 48.0 Å². The van der Waals surface area contributed by atoms with Crippen molar-refractivity contribution in [2.24, 2.45) is 0 Å². The summed E-state index contributed by atoms with van der Waals surface area (Å²) in [5, 5.41) is 2.59. The summed E-state index contributed by atoms with van der Waals surface area (Å²) in [7, 11) is -0.982. The quantitative estimate of drug-likeness (QED) is 0.650. The third-order valence-corrected chi connectivity index (χ3v) is 6.38. The van der Waals surface area contributed by atoms with Crippen LogP contribution in [0.1, 0.15) is 6.92 Å². The summed E-state index contributed by atoms with van der Waals surface area (Å²) in [6.45, 7) is 2.02. The first-order valence-corrected chi connectivity index (χ1v) is 10.6. The number of benzene rings is 2. The molecule has 0 unspecified atom stereocenters. The Morgan fingerprint density at radius 2 is 1.86 bits per heavy atom. The van der Waals surface area contributed by atoms with Gasteiger partial charge in [-0.15, -0.1) is 11.8 Å². The molecule has 28 heavy (non-hydrogen) atoms. The van der Waals surface area contributed by atoms with Gasteiger partial charge in [0.05, 0.1) is 12.4 Å². The first-order chi connectivity index (χ1) is 13.1. The monoisotopic (exact) mass is 430 g/mol. The van der Waals surface area contributed by atoms with E-state index in [4.69, 9.17) is 4.74 Å². The third kappa shape index (κ3) is 5.43. The summed E-state index contributed by atoms with van der Waals surface area (Å²) in [4.78, 5) is 12.5. The van der Waals surface area contributed by atoms with Crippen LogP contribution in [-0.2, 0) is 14.8 Å². The molecule has 0 bridgehead atoms. The van der Waals surface area contributed by atoms with E-state index < -0.39 is 27.6 Å². The van der Waals surface area contributed by atoms with E-state index in [1.807, 2.05) is 0 Å². The standard InChI is InChI=1S/C18H20F2N2O4S2/c1-4-26-16-8-5-12(9-17(16)28(24,25)22(2)3)21-18(23)11-27-13-6-7-14(19)15(20)10-13/h5-10H,4,11H2,1-3H3,(H,21,23). The number of hydrogen-bond acceptors (Lipinski definition) is 5. The van der Waals surface area contributed by atoms with Gasteiger partial charge in [-0.3, -0.25) is 4.79 Å². The van der Waals surface area contributed by atoms with Crippen molar-refractivity contribution in [3.8, 4) is 5.75 Å². The number of nitrogens with one attached hydrogen (secondary N) is 1. The van der Waals surface area contributed by atoms with Crippen molar-refractivity contribution < 1.29 is 26.7 Å². The Hall–Kier alpha value is -2.17. The van der Waals surface area contributed by atoms with E-state index in [0.717, 1.165) is 28.2 Å². The van der Waals surface area contributed by atoms with Crippen molar-refractivity contribution in [3.63, 3.8) is 0 Å². The maximum Gasteiger partial charge on any atom is 0.246 e. The molecule has 0 fully saturated rings. The molecule has 10 heteroatoms. The lowest BCUT2D eigenvalue weighted by Gasteiger charge is -2.16. The lowest BCUT2D eigenvalue weighted by Crippen LogP contribution is -2.23. The predicted octanol–water partition coefficient (Wildman–Crippen LogP) is 3.34. The van der Waals surface area contributed by atoms with Crippen LogP contribution in [0.15, 0.2) is 46.2 Å². The number of nitrogens with zero attached hydrogens (tertiary/aromatic N) is 1. The predicted molar refractivity (Wildman–Crippen MR) is 104 cm³/mol. The smallest absolute Gasteiger partial charge is 0.246 e. The Bertz CT molecular complexity index is 966. The number of carbonyl (C=O) groups excluding carboxylic acids is 1. The Kier molecular flexibility index (Phi) is 7.39. The lowest BCUT2D eigenvalue weighted by molar-refractivity contribution is -0.113. The second-order valence-corrected chi connectivity index (χ2v) is 8.96. The Morgan fingerprint density at radius 1 is 1.14 bits per heavy atom. The number of amides is 1. The van der Waals surface area contributed by atoms with E-state index in [2.05, 4.69) is 5.32 Å². The molecular formula is C18H20F2N2O4S2. The molecule has 0 saturated heterocycles. The minimum Gasteiger partial charge on any atom is -0.492 e. The second kappa shape index (κ2) is 9.35. The fraction of sp³-hybridized carbons (Fsp3) is 0.278. The summed E-state index contributed by atoms with van der Waals surface area (Å²) in [6.07, 6.45) is 0. The molecule has 0 aliphatic heterocycles. The largest absolute Gasteiger partial charge is 0.492 e. The van der Waals surface area contributed by atoms with Crippen LogP contribution in [0.25, 0.3) is 0 Å². The van der Waals surface area contributed by atoms with E-state index >= 15 is 0 Å². The van der Waals surface area contributed by atoms with Crippen LogP contribution in [0.5, 0.6) is 5.75 Å². The van der Waals surface area contributed by atoms with Crippen molar-refractivity contribution >= 4 is 33.4 Å². The zero-order valence-corrected chi connectivity index (χ0v) is 17.2. The van der Waals surface area contributed by atoms with Gasteiger partial charge in [-0.25, -0.2) is 21.5 Å². The van der Waals surface area contributed by atoms with Crippen LogP contribution >= 0.6 is 11.8 Å². The highest BCUT2D eigenvalue weighted by Crippen LogP contribution is 2.29. The minimum absolute atomic E-state index is 0.0615. The average Bonchev–Trinajstić information content (AvgIpc) is 2.64. The van der Waals surface area contributed by atoms with E-state index in [0.29, 0.717) is 4.90 Å². The normalized spacial score (nSPS) is 11.5. The van der Waals surface area contributed by atoms with Crippen LogP contribution in [0, 0.1) is 11.6 Å². The van der Waals surface area contributed by atoms with Gasteiger partial charge >= 0.3 is 0 Å². The van der Waals surface area contributed by atoms with Gasteiger partial charge in [0, 0.05) is 24.7 Å². The van der Waals surface area contributed by atoms with Crippen molar-refractivity contribution in [1.29, 1.82) is 0 Å². The number of ether oxygens (including phenoxy) is 1. The minimum atomic E-state index is -3.78.